The number of para-hydroxylation sites is 1. The smallest absolute Gasteiger partial charge is 0.122 e. The number of benzene rings is 1. The molecule has 1 rings (SSSR count). The number of aliphatic hydroxyl groups is 1. The highest BCUT2D eigenvalue weighted by Crippen LogP contribution is 2.19. The predicted molar refractivity (Wildman–Crippen MR) is 53.5 cm³/mol. The maximum absolute atomic E-state index is 9.42. The Labute approximate surface area is 78.2 Å². The zero-order valence-electron chi connectivity index (χ0n) is 7.70. The van der Waals surface area contributed by atoms with Crippen LogP contribution < -0.4 is 0 Å². The van der Waals surface area contributed by atoms with E-state index in [0.29, 0.717) is 0 Å². The highest BCUT2D eigenvalue weighted by atomic mass is 16.3. The Morgan fingerprint density at radius 2 is 2.08 bits per heavy atom. The maximum atomic E-state index is 9.42. The van der Waals surface area contributed by atoms with Gasteiger partial charge in [0, 0.05) is 5.56 Å². The molecule has 0 unspecified atom stereocenters. The summed E-state index contributed by atoms with van der Waals surface area (Å²) in [4.78, 5) is 0. The quantitative estimate of drug-likeness (QED) is 0.744. The lowest BCUT2D eigenvalue weighted by Crippen LogP contribution is -1.87. The molecule has 0 aliphatic rings. The molecule has 1 aromatic rings. The van der Waals surface area contributed by atoms with Gasteiger partial charge in [-0.15, -0.1) is 0 Å². The van der Waals surface area contributed by atoms with Crippen LogP contribution in [0.1, 0.15) is 18.9 Å². The van der Waals surface area contributed by atoms with Crippen molar-refractivity contribution in [3.05, 3.63) is 35.4 Å². The van der Waals surface area contributed by atoms with Crippen LogP contribution in [0.2, 0.25) is 0 Å². The fourth-order valence-corrected chi connectivity index (χ4v) is 1.09. The van der Waals surface area contributed by atoms with E-state index in [1.807, 2.05) is 25.1 Å². The predicted octanol–water partition coefficient (Wildman–Crippen LogP) is 2.18. The molecule has 0 atom stereocenters. The number of phenolic OH excluding ortho intramolecular Hbond substituents is 1. The summed E-state index contributed by atoms with van der Waals surface area (Å²) in [7, 11) is 0. The molecule has 0 radical (unpaired) electrons. The number of aliphatic hydroxyl groups excluding tert-OH is 1. The molecule has 0 heterocycles. The first kappa shape index (κ1) is 9.81. The number of rotatable bonds is 3. The molecule has 0 aliphatic heterocycles. The second kappa shape index (κ2) is 4.67. The number of hydrogen-bond donors (Lipinski definition) is 2. The van der Waals surface area contributed by atoms with Gasteiger partial charge in [-0.1, -0.05) is 25.1 Å². The van der Waals surface area contributed by atoms with E-state index in [2.05, 4.69) is 0 Å². The zero-order chi connectivity index (χ0) is 9.68. The van der Waals surface area contributed by atoms with Gasteiger partial charge in [0.05, 0.1) is 6.61 Å². The van der Waals surface area contributed by atoms with Gasteiger partial charge in [-0.2, -0.15) is 0 Å². The summed E-state index contributed by atoms with van der Waals surface area (Å²) in [6, 6.07) is 7.09. The minimum absolute atomic E-state index is 0.0465. The molecule has 0 saturated carbocycles. The van der Waals surface area contributed by atoms with Crippen molar-refractivity contribution >= 4 is 6.08 Å². The minimum Gasteiger partial charge on any atom is -0.507 e. The van der Waals surface area contributed by atoms with Crippen molar-refractivity contribution in [1.29, 1.82) is 0 Å². The van der Waals surface area contributed by atoms with E-state index in [-0.39, 0.29) is 12.4 Å². The van der Waals surface area contributed by atoms with E-state index < -0.39 is 0 Å². The van der Waals surface area contributed by atoms with Crippen LogP contribution in [0.5, 0.6) is 5.75 Å². The molecule has 0 saturated heterocycles. The Morgan fingerprint density at radius 1 is 1.38 bits per heavy atom. The molecule has 70 valence electrons. The topological polar surface area (TPSA) is 40.5 Å². The SMILES string of the molecule is CC/C(=C/c1ccccc1O)CO. The summed E-state index contributed by atoms with van der Waals surface area (Å²) in [6.45, 7) is 2.02. The monoisotopic (exact) mass is 178 g/mol. The highest BCUT2D eigenvalue weighted by Gasteiger charge is 1.97. The van der Waals surface area contributed by atoms with Crippen LogP contribution in [-0.2, 0) is 0 Å². The maximum Gasteiger partial charge on any atom is 0.122 e. The number of hydrogen-bond acceptors (Lipinski definition) is 2. The normalized spacial score (nSPS) is 11.7. The first-order valence-electron chi connectivity index (χ1n) is 4.36. The zero-order valence-corrected chi connectivity index (χ0v) is 7.70. The molecule has 0 spiro atoms. The van der Waals surface area contributed by atoms with E-state index in [9.17, 15) is 5.11 Å². The van der Waals surface area contributed by atoms with E-state index >= 15 is 0 Å². The third-order valence-corrected chi connectivity index (χ3v) is 1.95. The molecule has 2 N–H and O–H groups in total. The number of phenols is 1. The third kappa shape index (κ3) is 2.60. The second-order valence-electron chi connectivity index (χ2n) is 2.87. The summed E-state index contributed by atoms with van der Waals surface area (Å²) in [6.07, 6.45) is 2.61. The summed E-state index contributed by atoms with van der Waals surface area (Å²) in [5, 5.41) is 18.4. The summed E-state index contributed by atoms with van der Waals surface area (Å²) >= 11 is 0. The largest absolute Gasteiger partial charge is 0.507 e. The van der Waals surface area contributed by atoms with Gasteiger partial charge >= 0.3 is 0 Å². The van der Waals surface area contributed by atoms with Crippen molar-refractivity contribution < 1.29 is 10.2 Å². The van der Waals surface area contributed by atoms with Crippen LogP contribution >= 0.6 is 0 Å². The Kier molecular flexibility index (Phi) is 3.53. The van der Waals surface area contributed by atoms with Gasteiger partial charge in [-0.05, 0) is 24.1 Å². The van der Waals surface area contributed by atoms with Crippen molar-refractivity contribution in [1.82, 2.24) is 0 Å². The molecule has 0 aliphatic carbocycles. The minimum atomic E-state index is 0.0465. The van der Waals surface area contributed by atoms with Crippen molar-refractivity contribution in [2.45, 2.75) is 13.3 Å². The standard InChI is InChI=1S/C11H14O2/c1-2-9(8-12)7-10-5-3-4-6-11(10)13/h3-7,12-13H,2,8H2,1H3/b9-7-. The summed E-state index contributed by atoms with van der Waals surface area (Å²) in [5.74, 6) is 0.252. The Morgan fingerprint density at radius 3 is 2.62 bits per heavy atom. The van der Waals surface area contributed by atoms with E-state index in [0.717, 1.165) is 17.6 Å². The summed E-state index contributed by atoms with van der Waals surface area (Å²) < 4.78 is 0. The molecule has 13 heavy (non-hydrogen) atoms. The number of aromatic hydroxyl groups is 1. The first-order chi connectivity index (χ1) is 6.27. The molecule has 0 bridgehead atoms. The fourth-order valence-electron chi connectivity index (χ4n) is 1.09. The second-order valence-corrected chi connectivity index (χ2v) is 2.87. The van der Waals surface area contributed by atoms with Crippen LogP contribution in [0.3, 0.4) is 0 Å². The van der Waals surface area contributed by atoms with Gasteiger partial charge in [0.2, 0.25) is 0 Å². The molecule has 0 amide bonds. The van der Waals surface area contributed by atoms with Gasteiger partial charge in [0.25, 0.3) is 0 Å². The molecule has 2 nitrogen and oxygen atoms in total. The van der Waals surface area contributed by atoms with Gasteiger partial charge in [-0.25, -0.2) is 0 Å². The van der Waals surface area contributed by atoms with Gasteiger partial charge in [-0.3, -0.25) is 0 Å². The average molecular weight is 178 g/mol. The van der Waals surface area contributed by atoms with Gasteiger partial charge < -0.3 is 10.2 Å². The van der Waals surface area contributed by atoms with E-state index in [4.69, 9.17) is 5.11 Å². The van der Waals surface area contributed by atoms with Crippen molar-refractivity contribution in [2.24, 2.45) is 0 Å². The molecule has 0 aromatic heterocycles. The van der Waals surface area contributed by atoms with E-state index in [1.54, 1.807) is 12.1 Å². The van der Waals surface area contributed by atoms with Crippen LogP contribution in [-0.4, -0.2) is 16.8 Å². The average Bonchev–Trinajstić information content (AvgIpc) is 2.17. The highest BCUT2D eigenvalue weighted by molar-refractivity contribution is 5.59. The first-order valence-corrected chi connectivity index (χ1v) is 4.36. The van der Waals surface area contributed by atoms with Crippen molar-refractivity contribution in [2.75, 3.05) is 6.61 Å². The molecule has 0 fully saturated rings. The third-order valence-electron chi connectivity index (χ3n) is 1.95. The molecule has 1 aromatic carbocycles. The van der Waals surface area contributed by atoms with Gasteiger partial charge in [0.1, 0.15) is 5.75 Å². The van der Waals surface area contributed by atoms with Crippen LogP contribution in [0.4, 0.5) is 0 Å². The van der Waals surface area contributed by atoms with Crippen molar-refractivity contribution in [3.63, 3.8) is 0 Å². The lowest BCUT2D eigenvalue weighted by molar-refractivity contribution is 0.329. The molecular formula is C11H14O2. The van der Waals surface area contributed by atoms with Gasteiger partial charge in [0.15, 0.2) is 0 Å². The lowest BCUT2D eigenvalue weighted by atomic mass is 10.1. The van der Waals surface area contributed by atoms with Crippen molar-refractivity contribution in [3.8, 4) is 5.75 Å². The van der Waals surface area contributed by atoms with Crippen LogP contribution in [0.15, 0.2) is 29.8 Å². The lowest BCUT2D eigenvalue weighted by Gasteiger charge is -2.01. The summed E-state index contributed by atoms with van der Waals surface area (Å²) in [5.41, 5.74) is 1.68. The molecular weight excluding hydrogens is 164 g/mol. The van der Waals surface area contributed by atoms with Crippen LogP contribution in [0.25, 0.3) is 6.08 Å². The molecule has 2 heteroatoms. The van der Waals surface area contributed by atoms with E-state index in [1.165, 1.54) is 0 Å². The van der Waals surface area contributed by atoms with Crippen LogP contribution in [0, 0.1) is 0 Å². The fraction of sp³-hybridized carbons (Fsp3) is 0.273. The Bertz CT molecular complexity index is 297. The Hall–Kier alpha value is -1.28. The Balaban J connectivity index is 2.95.